The summed E-state index contributed by atoms with van der Waals surface area (Å²) in [5, 5.41) is 27.1. The van der Waals surface area contributed by atoms with Gasteiger partial charge in [0, 0.05) is 54.8 Å². The van der Waals surface area contributed by atoms with Gasteiger partial charge in [-0.05, 0) is 80.1 Å². The van der Waals surface area contributed by atoms with Crippen molar-refractivity contribution in [2.45, 2.75) is 64.5 Å². The minimum Gasteiger partial charge on any atom is -0.748 e. The van der Waals surface area contributed by atoms with Crippen molar-refractivity contribution in [3.8, 4) is 17.2 Å². The number of rotatable bonds is 23. The molecule has 0 bridgehead atoms. The molecule has 0 radical (unpaired) electrons. The topological polar surface area (TPSA) is 252 Å². The lowest BCUT2D eigenvalue weighted by Crippen LogP contribution is -2.51. The van der Waals surface area contributed by atoms with E-state index < -0.39 is 81.2 Å². The van der Waals surface area contributed by atoms with Crippen LogP contribution >= 0.6 is 11.3 Å². The molecule has 2 aromatic heterocycles. The van der Waals surface area contributed by atoms with Crippen LogP contribution < -0.4 is 19.5 Å². The molecule has 4 aromatic rings. The van der Waals surface area contributed by atoms with Gasteiger partial charge in [-0.3, -0.25) is 29.8 Å². The molecule has 0 fully saturated rings. The van der Waals surface area contributed by atoms with Gasteiger partial charge in [0.15, 0.2) is 28.7 Å². The van der Waals surface area contributed by atoms with E-state index in [4.69, 9.17) is 18.9 Å². The van der Waals surface area contributed by atoms with E-state index >= 15 is 8.63 Å². The number of Topliss-reactive ketones (excluding diaryl/α,β-unsaturated/α-hetero) is 1. The molecule has 0 saturated heterocycles. The van der Waals surface area contributed by atoms with Gasteiger partial charge in [0.2, 0.25) is 5.91 Å². The Balaban J connectivity index is 1.09. The van der Waals surface area contributed by atoms with E-state index in [1.807, 2.05) is 11.5 Å². The van der Waals surface area contributed by atoms with Crippen LogP contribution in [0.2, 0.25) is 0 Å². The van der Waals surface area contributed by atoms with Gasteiger partial charge in [0.05, 0.1) is 83.6 Å². The highest BCUT2D eigenvalue weighted by Gasteiger charge is 2.54. The van der Waals surface area contributed by atoms with E-state index in [1.54, 1.807) is 31.2 Å². The van der Waals surface area contributed by atoms with Gasteiger partial charge in [0.25, 0.3) is 11.4 Å². The van der Waals surface area contributed by atoms with Crippen molar-refractivity contribution in [3.05, 3.63) is 125 Å². The number of nitro benzene ring substituents is 2. The van der Waals surface area contributed by atoms with Crippen molar-refractivity contribution >= 4 is 69.4 Å². The standard InChI is InChI=1S/C45H51BF2N6O14S2/c1-28-22-32(50-36(28)25-37-30(10-7-19-54(3,4)5)23-39(43-12-9-21-69-43)51(37)46(50,47)48)15-18-44(56)49-35(27-70(62,63)64)40(55)11-8-20-66-42-26-38(53(60)61)34(24-41(42)65-6)29(2)67-45(57)68-33-16-13-31(14-17-33)52(58)59/h9,12-14,16-17,21-26,29,35H,7-8,10-11,15,18-20,27H2,1-6H3,(H-,49,56,62,63,64). The van der Waals surface area contributed by atoms with Crippen molar-refractivity contribution in [2.75, 3.05) is 47.2 Å². The number of non-ortho nitro benzene ring substituents is 1. The lowest BCUT2D eigenvalue weighted by molar-refractivity contribution is -0.870. The van der Waals surface area contributed by atoms with E-state index in [-0.39, 0.29) is 59.3 Å². The Kier molecular flexibility index (Phi) is 16.1. The Bertz CT molecular complexity index is 2900. The van der Waals surface area contributed by atoms with Gasteiger partial charge in [-0.1, -0.05) is 6.07 Å². The summed E-state index contributed by atoms with van der Waals surface area (Å²) in [6.45, 7) is -0.919. The van der Waals surface area contributed by atoms with Gasteiger partial charge in [-0.25, -0.2) is 13.2 Å². The second kappa shape index (κ2) is 21.4. The van der Waals surface area contributed by atoms with E-state index in [9.17, 15) is 47.6 Å². The summed E-state index contributed by atoms with van der Waals surface area (Å²) in [6.07, 6.45) is 1.15. The summed E-state index contributed by atoms with van der Waals surface area (Å²) >= 11 is 1.34. The molecule has 374 valence electrons. The lowest BCUT2D eigenvalue weighted by atomic mass is 9.88. The molecule has 6 rings (SSSR count). The highest BCUT2D eigenvalue weighted by Crippen LogP contribution is 2.41. The monoisotopic (exact) mass is 1010 g/mol. The Labute approximate surface area is 405 Å². The number of halogens is 2. The molecule has 25 heteroatoms. The number of ketones is 1. The fourth-order valence-corrected chi connectivity index (χ4v) is 9.61. The predicted octanol–water partition coefficient (Wildman–Crippen LogP) is 6.86. The van der Waals surface area contributed by atoms with Crippen molar-refractivity contribution < 1.29 is 73.7 Å². The number of benzene rings is 2. The summed E-state index contributed by atoms with van der Waals surface area (Å²) in [5.41, 5.74) is 1.62. The molecular formula is C45H51BF2N6O14S2. The number of aryl methyl sites for hydroxylation is 2. The van der Waals surface area contributed by atoms with E-state index in [1.165, 1.54) is 31.4 Å². The number of allylic oxidation sites excluding steroid dienone is 2. The maximum Gasteiger partial charge on any atom is 0.737 e. The summed E-state index contributed by atoms with van der Waals surface area (Å²) in [4.78, 5) is 61.4. The Morgan fingerprint density at radius 3 is 2.30 bits per heavy atom. The number of hydrogen-bond acceptors (Lipinski definition) is 15. The number of carbonyl (C=O) groups is 3. The fourth-order valence-electron chi connectivity index (χ4n) is 8.19. The van der Waals surface area contributed by atoms with Crippen LogP contribution in [0.4, 0.5) is 24.8 Å². The number of aromatic nitrogens is 1. The van der Waals surface area contributed by atoms with Crippen LogP contribution in [0.25, 0.3) is 6.08 Å². The van der Waals surface area contributed by atoms with E-state index in [0.29, 0.717) is 28.3 Å². The number of carbonyl (C=O) groups excluding carboxylic acids is 3. The van der Waals surface area contributed by atoms with Gasteiger partial charge in [0.1, 0.15) is 17.9 Å². The third kappa shape index (κ3) is 12.7. The SMILES string of the molecule is COc1cc(C(C)OC(=O)Oc2ccc([N+](=O)[O-])cc2)c([N+](=O)[O-])cc1OCCCC(=O)C(CS(=O)(=O)[O-])NC(=O)CCc1cc(C)c2n1[B-](F)(F)[N+]1=C(c3cccs3)C=C(CCC[N+](C)(C)C)C1=C2. The Morgan fingerprint density at radius 2 is 1.69 bits per heavy atom. The molecule has 0 saturated carbocycles. The van der Waals surface area contributed by atoms with Crippen LogP contribution in [0, 0.1) is 27.2 Å². The van der Waals surface area contributed by atoms with Crippen LogP contribution in [0.3, 0.4) is 0 Å². The molecule has 0 spiro atoms. The first kappa shape index (κ1) is 52.5. The maximum atomic E-state index is 17.0. The highest BCUT2D eigenvalue weighted by molar-refractivity contribution is 7.85. The minimum atomic E-state index is -5.07. The molecule has 1 amide bonds. The maximum absolute atomic E-state index is 17.0. The normalized spacial score (nSPS) is 14.9. The number of hydrogen-bond donors (Lipinski definition) is 1. The van der Waals surface area contributed by atoms with Gasteiger partial charge in [-0.15, -0.1) is 11.3 Å². The van der Waals surface area contributed by atoms with Crippen molar-refractivity contribution in [2.24, 2.45) is 0 Å². The van der Waals surface area contributed by atoms with Crippen LogP contribution in [0.15, 0.2) is 77.3 Å². The number of nitrogens with zero attached hydrogens (tertiary/aromatic N) is 5. The summed E-state index contributed by atoms with van der Waals surface area (Å²) in [5.74, 6) is -3.29. The van der Waals surface area contributed by atoms with Crippen molar-refractivity contribution in [1.82, 2.24) is 9.79 Å². The number of nitrogens with one attached hydrogen (secondary N) is 1. The van der Waals surface area contributed by atoms with Crippen molar-refractivity contribution in [1.29, 1.82) is 0 Å². The summed E-state index contributed by atoms with van der Waals surface area (Å²) < 4.78 is 93.7. The molecule has 2 aliphatic rings. The zero-order valence-electron chi connectivity index (χ0n) is 39.0. The first-order valence-electron chi connectivity index (χ1n) is 21.9. The zero-order valence-corrected chi connectivity index (χ0v) is 40.7. The minimum absolute atomic E-state index is 0.0439. The smallest absolute Gasteiger partial charge is 0.737 e. The lowest BCUT2D eigenvalue weighted by Gasteiger charge is -2.32. The van der Waals surface area contributed by atoms with Crippen LogP contribution in [-0.2, 0) is 30.9 Å². The zero-order chi connectivity index (χ0) is 51.3. The average molecular weight is 1010 g/mol. The van der Waals surface area contributed by atoms with Crippen molar-refractivity contribution in [3.63, 3.8) is 0 Å². The third-order valence-corrected chi connectivity index (χ3v) is 13.1. The molecule has 4 heterocycles. The molecule has 2 aromatic carbocycles. The molecule has 1 N–H and O–H groups in total. The number of methoxy groups -OCH3 is 1. The molecule has 2 atom stereocenters. The number of quaternary nitrogens is 1. The second-order valence-corrected chi connectivity index (χ2v) is 20.1. The first-order valence-corrected chi connectivity index (χ1v) is 24.4. The highest BCUT2D eigenvalue weighted by atomic mass is 32.2. The van der Waals surface area contributed by atoms with Gasteiger partial charge < -0.3 is 50.9 Å². The summed E-state index contributed by atoms with van der Waals surface area (Å²) in [6, 6.07) is 10.1. The third-order valence-electron chi connectivity index (χ3n) is 11.5. The first-order chi connectivity index (χ1) is 32.9. The van der Waals surface area contributed by atoms with Crippen LogP contribution in [0.1, 0.15) is 72.5 Å². The number of nitro groups is 2. The Hall–Kier alpha value is -6.83. The van der Waals surface area contributed by atoms with Crippen LogP contribution in [-0.4, -0.2) is 120 Å². The molecule has 70 heavy (non-hydrogen) atoms. The molecule has 20 nitrogen and oxygen atoms in total. The second-order valence-electron chi connectivity index (χ2n) is 17.7. The number of amides is 1. The Morgan fingerprint density at radius 1 is 0.971 bits per heavy atom. The van der Waals surface area contributed by atoms with E-state index in [2.05, 4.69) is 26.5 Å². The number of thiophene rings is 1. The molecular weight excluding hydrogens is 961 g/mol. The molecule has 2 unspecified atom stereocenters. The van der Waals surface area contributed by atoms with E-state index in [0.717, 1.165) is 62.3 Å². The predicted molar refractivity (Wildman–Crippen MR) is 252 cm³/mol. The van der Waals surface area contributed by atoms with Crippen LogP contribution in [0.5, 0.6) is 17.2 Å². The average Bonchev–Trinajstić information content (AvgIpc) is 4.02. The van der Waals surface area contributed by atoms with Gasteiger partial charge >= 0.3 is 13.1 Å². The quantitative estimate of drug-likeness (QED) is 0.0117. The molecule has 0 aliphatic carbocycles. The summed E-state index contributed by atoms with van der Waals surface area (Å²) in [7, 11) is 2.36. The number of ether oxygens (including phenoxy) is 4. The largest absolute Gasteiger partial charge is 0.748 e. The fraction of sp³-hybridized carbons (Fsp3) is 0.378. The van der Waals surface area contributed by atoms with Gasteiger partial charge in [-0.2, -0.15) is 0 Å². The number of fused-ring (bicyclic) bond motifs is 2. The molecule has 2 aliphatic heterocycles.